The van der Waals surface area contributed by atoms with Crippen LogP contribution in [0.4, 0.5) is 0 Å². The molecule has 1 aromatic rings. The molecule has 0 aliphatic heterocycles. The molecule has 1 rings (SSSR count). The van der Waals surface area contributed by atoms with Crippen molar-refractivity contribution in [3.05, 3.63) is 34.9 Å². The van der Waals surface area contributed by atoms with E-state index in [0.717, 1.165) is 29.5 Å². The molecule has 0 atom stereocenters. The molecular weight excluding hydrogens is 296 g/mol. The molecule has 0 aliphatic carbocycles. The van der Waals surface area contributed by atoms with Crippen LogP contribution in [0.1, 0.15) is 49.8 Å². The van der Waals surface area contributed by atoms with Gasteiger partial charge in [0, 0.05) is 13.0 Å². The SMILES string of the molecule is COC(=O)CCC(C)(C)OCCCc1ccc(CO)cc1CO. The molecule has 2 N–H and O–H groups in total. The number of methoxy groups -OCH3 is 1. The lowest BCUT2D eigenvalue weighted by Crippen LogP contribution is -2.26. The van der Waals surface area contributed by atoms with E-state index in [1.807, 2.05) is 32.0 Å². The van der Waals surface area contributed by atoms with Crippen molar-refractivity contribution in [3.8, 4) is 0 Å². The van der Waals surface area contributed by atoms with Crippen molar-refractivity contribution in [2.45, 2.75) is 58.3 Å². The molecule has 0 saturated carbocycles. The Hall–Kier alpha value is -1.43. The summed E-state index contributed by atoms with van der Waals surface area (Å²) in [6, 6.07) is 5.64. The van der Waals surface area contributed by atoms with Gasteiger partial charge in [-0.25, -0.2) is 0 Å². The Morgan fingerprint density at radius 3 is 2.52 bits per heavy atom. The highest BCUT2D eigenvalue weighted by Crippen LogP contribution is 2.19. The molecule has 0 aliphatic rings. The van der Waals surface area contributed by atoms with E-state index < -0.39 is 0 Å². The summed E-state index contributed by atoms with van der Waals surface area (Å²) < 4.78 is 10.5. The number of aliphatic hydroxyl groups excluding tert-OH is 2. The number of benzene rings is 1. The highest BCUT2D eigenvalue weighted by Gasteiger charge is 2.20. The van der Waals surface area contributed by atoms with Crippen LogP contribution >= 0.6 is 0 Å². The van der Waals surface area contributed by atoms with Crippen molar-refractivity contribution < 1.29 is 24.5 Å². The summed E-state index contributed by atoms with van der Waals surface area (Å²) in [5.74, 6) is -0.224. The first-order chi connectivity index (χ1) is 10.9. The third-order valence-electron chi connectivity index (χ3n) is 3.87. The van der Waals surface area contributed by atoms with E-state index in [1.54, 1.807) is 0 Å². The van der Waals surface area contributed by atoms with Gasteiger partial charge in [0.15, 0.2) is 0 Å². The van der Waals surface area contributed by atoms with Crippen LogP contribution in [0.25, 0.3) is 0 Å². The number of ether oxygens (including phenoxy) is 2. The van der Waals surface area contributed by atoms with Gasteiger partial charge in [0.05, 0.1) is 25.9 Å². The van der Waals surface area contributed by atoms with Crippen LogP contribution in [-0.4, -0.2) is 35.5 Å². The van der Waals surface area contributed by atoms with Crippen LogP contribution < -0.4 is 0 Å². The van der Waals surface area contributed by atoms with E-state index in [1.165, 1.54) is 7.11 Å². The summed E-state index contributed by atoms with van der Waals surface area (Å²) in [5.41, 5.74) is 2.36. The van der Waals surface area contributed by atoms with Crippen molar-refractivity contribution in [2.24, 2.45) is 0 Å². The third kappa shape index (κ3) is 7.12. The maximum atomic E-state index is 11.2. The van der Waals surface area contributed by atoms with Gasteiger partial charge >= 0.3 is 5.97 Å². The first-order valence-electron chi connectivity index (χ1n) is 7.95. The highest BCUT2D eigenvalue weighted by atomic mass is 16.5. The normalized spacial score (nSPS) is 11.5. The van der Waals surface area contributed by atoms with E-state index in [2.05, 4.69) is 4.74 Å². The minimum atomic E-state index is -0.366. The van der Waals surface area contributed by atoms with Gasteiger partial charge in [-0.2, -0.15) is 0 Å². The number of rotatable bonds is 10. The summed E-state index contributed by atoms with van der Waals surface area (Å²) in [6.07, 6.45) is 2.59. The van der Waals surface area contributed by atoms with Gasteiger partial charge in [-0.15, -0.1) is 0 Å². The average molecular weight is 324 g/mol. The average Bonchev–Trinajstić information content (AvgIpc) is 2.56. The second kappa shape index (κ2) is 9.65. The standard InChI is InChI=1S/C18H28O5/c1-18(2,9-8-17(21)22-3)23-10-4-5-15-7-6-14(12-19)11-16(15)13-20/h6-7,11,19-20H,4-5,8-10,12-13H2,1-3H3. The quantitative estimate of drug-likeness (QED) is 0.510. The number of carbonyl (C=O) groups is 1. The maximum Gasteiger partial charge on any atom is 0.305 e. The predicted molar refractivity (Wildman–Crippen MR) is 87.9 cm³/mol. The molecule has 1 aromatic carbocycles. The van der Waals surface area contributed by atoms with Crippen LogP contribution in [0.3, 0.4) is 0 Å². The molecule has 0 heterocycles. The molecule has 0 unspecified atom stereocenters. The van der Waals surface area contributed by atoms with Crippen LogP contribution in [0.2, 0.25) is 0 Å². The zero-order valence-electron chi connectivity index (χ0n) is 14.3. The molecule has 5 nitrogen and oxygen atoms in total. The second-order valence-electron chi connectivity index (χ2n) is 6.21. The Morgan fingerprint density at radius 1 is 1.17 bits per heavy atom. The van der Waals surface area contributed by atoms with Gasteiger partial charge in [0.1, 0.15) is 0 Å². The van der Waals surface area contributed by atoms with Crippen LogP contribution in [-0.2, 0) is 33.9 Å². The van der Waals surface area contributed by atoms with Gasteiger partial charge < -0.3 is 19.7 Å². The Morgan fingerprint density at radius 2 is 1.91 bits per heavy atom. The molecule has 0 aromatic heterocycles. The van der Waals surface area contributed by atoms with Gasteiger partial charge in [-0.3, -0.25) is 4.79 Å². The number of carbonyl (C=O) groups excluding carboxylic acids is 1. The van der Waals surface area contributed by atoms with Crippen LogP contribution in [0, 0.1) is 0 Å². The lowest BCUT2D eigenvalue weighted by Gasteiger charge is -2.25. The highest BCUT2D eigenvalue weighted by molar-refractivity contribution is 5.69. The summed E-state index contributed by atoms with van der Waals surface area (Å²) in [4.78, 5) is 11.2. The predicted octanol–water partition coefficient (Wildman–Crippen LogP) is 2.35. The maximum absolute atomic E-state index is 11.2. The van der Waals surface area contributed by atoms with Crippen LogP contribution in [0.5, 0.6) is 0 Å². The lowest BCUT2D eigenvalue weighted by molar-refractivity contribution is -0.142. The molecule has 5 heteroatoms. The molecular formula is C18H28O5. The largest absolute Gasteiger partial charge is 0.469 e. The second-order valence-corrected chi connectivity index (χ2v) is 6.21. The molecule has 0 radical (unpaired) electrons. The molecule has 0 amide bonds. The van der Waals surface area contributed by atoms with Crippen molar-refractivity contribution in [1.29, 1.82) is 0 Å². The fourth-order valence-electron chi connectivity index (χ4n) is 2.36. The number of hydrogen-bond acceptors (Lipinski definition) is 5. The zero-order chi connectivity index (χ0) is 17.3. The van der Waals surface area contributed by atoms with Gasteiger partial charge in [0.2, 0.25) is 0 Å². The molecule has 0 saturated heterocycles. The monoisotopic (exact) mass is 324 g/mol. The van der Waals surface area contributed by atoms with Crippen LogP contribution in [0.15, 0.2) is 18.2 Å². The zero-order valence-corrected chi connectivity index (χ0v) is 14.3. The van der Waals surface area contributed by atoms with E-state index in [0.29, 0.717) is 19.4 Å². The molecule has 130 valence electrons. The Kier molecular flexibility index (Phi) is 8.23. The summed E-state index contributed by atoms with van der Waals surface area (Å²) in [6.45, 7) is 4.45. The number of aliphatic hydroxyl groups is 2. The van der Waals surface area contributed by atoms with Crippen molar-refractivity contribution in [2.75, 3.05) is 13.7 Å². The molecule has 0 spiro atoms. The summed E-state index contributed by atoms with van der Waals surface area (Å²) in [7, 11) is 1.39. The van der Waals surface area contributed by atoms with Gasteiger partial charge in [-0.1, -0.05) is 18.2 Å². The molecule has 0 fully saturated rings. The van der Waals surface area contributed by atoms with E-state index in [4.69, 9.17) is 9.84 Å². The smallest absolute Gasteiger partial charge is 0.305 e. The minimum Gasteiger partial charge on any atom is -0.469 e. The topological polar surface area (TPSA) is 76.0 Å². The first kappa shape index (κ1) is 19.6. The third-order valence-corrected chi connectivity index (χ3v) is 3.87. The van der Waals surface area contributed by atoms with E-state index >= 15 is 0 Å². The number of hydrogen-bond donors (Lipinski definition) is 2. The fourth-order valence-corrected chi connectivity index (χ4v) is 2.36. The molecule has 23 heavy (non-hydrogen) atoms. The van der Waals surface area contributed by atoms with Gasteiger partial charge in [0.25, 0.3) is 0 Å². The number of aryl methyl sites for hydroxylation is 1. The molecule has 0 bridgehead atoms. The Balaban J connectivity index is 2.40. The van der Waals surface area contributed by atoms with E-state index in [-0.39, 0.29) is 24.8 Å². The van der Waals surface area contributed by atoms with E-state index in [9.17, 15) is 9.90 Å². The summed E-state index contributed by atoms with van der Waals surface area (Å²) >= 11 is 0. The van der Waals surface area contributed by atoms with Crippen molar-refractivity contribution in [3.63, 3.8) is 0 Å². The van der Waals surface area contributed by atoms with Gasteiger partial charge in [-0.05, 0) is 49.8 Å². The van der Waals surface area contributed by atoms with Crippen molar-refractivity contribution in [1.82, 2.24) is 0 Å². The minimum absolute atomic E-state index is 0.0230. The summed E-state index contributed by atoms with van der Waals surface area (Å²) in [5, 5.41) is 18.5. The fraction of sp³-hybridized carbons (Fsp3) is 0.611. The Labute approximate surface area is 138 Å². The van der Waals surface area contributed by atoms with Crippen molar-refractivity contribution >= 4 is 5.97 Å². The lowest BCUT2D eigenvalue weighted by atomic mass is 10.0. The first-order valence-corrected chi connectivity index (χ1v) is 7.95. The number of esters is 1. The Bertz CT molecular complexity index is 496.